The third-order valence-electron chi connectivity index (χ3n) is 4.49. The molecule has 0 aliphatic rings. The fourth-order valence-corrected chi connectivity index (χ4v) is 4.20. The van der Waals surface area contributed by atoms with Crippen LogP contribution in [-0.4, -0.2) is 20.9 Å². The lowest BCUT2D eigenvalue weighted by molar-refractivity contribution is 0.102. The van der Waals surface area contributed by atoms with E-state index in [1.165, 1.54) is 12.1 Å². The Morgan fingerprint density at radius 1 is 0.903 bits per heavy atom. The Balaban J connectivity index is 1.73. The van der Waals surface area contributed by atoms with Gasteiger partial charge in [-0.2, -0.15) is 0 Å². The Hall–Kier alpha value is -3.32. The minimum absolute atomic E-state index is 0.108. The number of carbonyl (C=O) groups is 1. The van der Waals surface area contributed by atoms with Gasteiger partial charge in [0, 0.05) is 11.4 Å². The highest BCUT2D eigenvalue weighted by atomic mass is 32.2. The van der Waals surface area contributed by atoms with Crippen molar-refractivity contribution in [1.82, 2.24) is 0 Å². The number of amides is 1. The number of benzene rings is 3. The molecule has 3 rings (SSSR count). The first-order chi connectivity index (χ1) is 14.8. The van der Waals surface area contributed by atoms with E-state index in [1.54, 1.807) is 42.5 Å². The number of rotatable bonds is 8. The number of nitrogens with one attached hydrogen (secondary N) is 2. The molecule has 2 N–H and O–H groups in total. The minimum atomic E-state index is -3.74. The number of sulfonamides is 1. The van der Waals surface area contributed by atoms with Crippen molar-refractivity contribution in [2.45, 2.75) is 32.1 Å². The van der Waals surface area contributed by atoms with Crippen LogP contribution in [0.4, 0.5) is 11.4 Å². The molecule has 0 fully saturated rings. The zero-order chi connectivity index (χ0) is 22.4. The number of anilines is 2. The number of ether oxygens (including phenoxy) is 1. The highest BCUT2D eigenvalue weighted by Gasteiger charge is 2.16. The van der Waals surface area contributed by atoms with Gasteiger partial charge in [0.05, 0.1) is 17.1 Å². The van der Waals surface area contributed by atoms with Crippen molar-refractivity contribution in [3.05, 3.63) is 83.4 Å². The van der Waals surface area contributed by atoms with E-state index in [9.17, 15) is 13.2 Å². The molecule has 0 saturated carbocycles. The smallest absolute Gasteiger partial charge is 0.261 e. The highest BCUT2D eigenvalue weighted by molar-refractivity contribution is 7.92. The lowest BCUT2D eigenvalue weighted by Crippen LogP contribution is -2.15. The summed E-state index contributed by atoms with van der Waals surface area (Å²) in [5, 5.41) is 2.78. The number of hydrogen-bond acceptors (Lipinski definition) is 4. The average molecular weight is 439 g/mol. The topological polar surface area (TPSA) is 84.5 Å². The normalized spacial score (nSPS) is 11.1. The van der Waals surface area contributed by atoms with E-state index in [-0.39, 0.29) is 10.8 Å². The standard InChI is InChI=1S/C24H26N2O4S/c1-4-13-30-23-8-6-5-7-22(23)24(27)25-19-9-11-21(12-10-19)31(28,29)26-20-15-17(2)14-18(3)16-20/h5-12,14-16,26H,4,13H2,1-3H3,(H,25,27). The van der Waals surface area contributed by atoms with Gasteiger partial charge in [0.2, 0.25) is 0 Å². The van der Waals surface area contributed by atoms with Gasteiger partial charge in [0.25, 0.3) is 15.9 Å². The zero-order valence-corrected chi connectivity index (χ0v) is 18.6. The number of aryl methyl sites for hydroxylation is 2. The summed E-state index contributed by atoms with van der Waals surface area (Å²) in [7, 11) is -3.74. The number of para-hydroxylation sites is 1. The first kappa shape index (κ1) is 22.4. The van der Waals surface area contributed by atoms with Gasteiger partial charge in [-0.25, -0.2) is 8.42 Å². The summed E-state index contributed by atoms with van der Waals surface area (Å²) in [4.78, 5) is 12.8. The number of carbonyl (C=O) groups excluding carboxylic acids is 1. The maximum atomic E-state index is 12.7. The molecule has 0 aliphatic heterocycles. The van der Waals surface area contributed by atoms with Crippen LogP contribution in [0, 0.1) is 13.8 Å². The maximum Gasteiger partial charge on any atom is 0.261 e. The van der Waals surface area contributed by atoms with Crippen LogP contribution in [0.5, 0.6) is 5.75 Å². The van der Waals surface area contributed by atoms with Crippen molar-refractivity contribution in [3.8, 4) is 5.75 Å². The lowest BCUT2D eigenvalue weighted by atomic mass is 10.1. The Labute approximate surface area is 183 Å². The second-order valence-electron chi connectivity index (χ2n) is 7.31. The van der Waals surface area contributed by atoms with E-state index in [4.69, 9.17) is 4.74 Å². The Bertz CT molecular complexity index is 1150. The summed E-state index contributed by atoms with van der Waals surface area (Å²) < 4.78 is 33.6. The van der Waals surface area contributed by atoms with Crippen LogP contribution in [0.15, 0.2) is 71.6 Å². The van der Waals surface area contributed by atoms with Gasteiger partial charge in [0.1, 0.15) is 5.75 Å². The van der Waals surface area contributed by atoms with Crippen LogP contribution in [0.2, 0.25) is 0 Å². The van der Waals surface area contributed by atoms with E-state index in [1.807, 2.05) is 32.9 Å². The van der Waals surface area contributed by atoms with Gasteiger partial charge in [0.15, 0.2) is 0 Å². The van der Waals surface area contributed by atoms with Crippen LogP contribution >= 0.6 is 0 Å². The molecule has 0 aliphatic carbocycles. The summed E-state index contributed by atoms with van der Waals surface area (Å²) in [6.07, 6.45) is 0.835. The van der Waals surface area contributed by atoms with Gasteiger partial charge < -0.3 is 10.1 Å². The lowest BCUT2D eigenvalue weighted by Gasteiger charge is -2.12. The summed E-state index contributed by atoms with van der Waals surface area (Å²) in [6, 6.07) is 18.6. The SMILES string of the molecule is CCCOc1ccccc1C(=O)Nc1ccc(S(=O)(=O)Nc2cc(C)cc(C)c2)cc1. The fourth-order valence-electron chi connectivity index (χ4n) is 3.16. The van der Waals surface area contributed by atoms with Crippen LogP contribution in [-0.2, 0) is 10.0 Å². The molecule has 0 atom stereocenters. The fraction of sp³-hybridized carbons (Fsp3) is 0.208. The van der Waals surface area contributed by atoms with Gasteiger partial charge in [-0.1, -0.05) is 25.1 Å². The zero-order valence-electron chi connectivity index (χ0n) is 17.8. The first-order valence-electron chi connectivity index (χ1n) is 10.0. The molecule has 0 saturated heterocycles. The van der Waals surface area contributed by atoms with Crippen molar-refractivity contribution in [1.29, 1.82) is 0 Å². The Morgan fingerprint density at radius 2 is 1.55 bits per heavy atom. The first-order valence-corrected chi connectivity index (χ1v) is 11.5. The molecule has 0 bridgehead atoms. The van der Waals surface area contributed by atoms with Gasteiger partial charge in [-0.15, -0.1) is 0 Å². The van der Waals surface area contributed by atoms with Crippen molar-refractivity contribution in [2.75, 3.05) is 16.6 Å². The van der Waals surface area contributed by atoms with Gasteiger partial charge in [-0.05, 0) is 79.9 Å². The predicted octanol–water partition coefficient (Wildman–Crippen LogP) is 5.15. The van der Waals surface area contributed by atoms with E-state index in [0.29, 0.717) is 29.3 Å². The molecule has 1 amide bonds. The summed E-state index contributed by atoms with van der Waals surface area (Å²) in [5.74, 6) is 0.189. The molecule has 7 heteroatoms. The monoisotopic (exact) mass is 438 g/mol. The van der Waals surface area contributed by atoms with E-state index < -0.39 is 10.0 Å². The molecule has 3 aromatic carbocycles. The van der Waals surface area contributed by atoms with Crippen LogP contribution in [0.3, 0.4) is 0 Å². The second-order valence-corrected chi connectivity index (χ2v) is 8.99. The molecule has 0 spiro atoms. The summed E-state index contributed by atoms with van der Waals surface area (Å²) in [6.45, 7) is 6.33. The van der Waals surface area contributed by atoms with E-state index in [0.717, 1.165) is 17.5 Å². The van der Waals surface area contributed by atoms with E-state index in [2.05, 4.69) is 10.0 Å². The van der Waals surface area contributed by atoms with Crippen LogP contribution < -0.4 is 14.8 Å². The third kappa shape index (κ3) is 5.86. The molecule has 162 valence electrons. The van der Waals surface area contributed by atoms with E-state index >= 15 is 0 Å². The molecule has 6 nitrogen and oxygen atoms in total. The highest BCUT2D eigenvalue weighted by Crippen LogP contribution is 2.22. The van der Waals surface area contributed by atoms with Gasteiger partial charge in [-0.3, -0.25) is 9.52 Å². The van der Waals surface area contributed by atoms with Crippen molar-refractivity contribution in [2.24, 2.45) is 0 Å². The second kappa shape index (κ2) is 9.66. The summed E-state index contributed by atoms with van der Waals surface area (Å²) in [5.41, 5.74) is 3.36. The van der Waals surface area contributed by atoms with Crippen molar-refractivity contribution < 1.29 is 17.9 Å². The average Bonchev–Trinajstić information content (AvgIpc) is 2.71. The van der Waals surface area contributed by atoms with Crippen molar-refractivity contribution >= 4 is 27.3 Å². The molecular formula is C24H26N2O4S. The maximum absolute atomic E-state index is 12.7. The minimum Gasteiger partial charge on any atom is -0.493 e. The Kier molecular flexibility index (Phi) is 6.97. The quantitative estimate of drug-likeness (QED) is 0.510. The Morgan fingerprint density at radius 3 is 2.19 bits per heavy atom. The van der Waals surface area contributed by atoms with Gasteiger partial charge >= 0.3 is 0 Å². The predicted molar refractivity (Wildman–Crippen MR) is 123 cm³/mol. The largest absolute Gasteiger partial charge is 0.493 e. The molecule has 0 radical (unpaired) electrons. The summed E-state index contributed by atoms with van der Waals surface area (Å²) >= 11 is 0. The molecule has 31 heavy (non-hydrogen) atoms. The molecule has 0 aromatic heterocycles. The van der Waals surface area contributed by atoms with Crippen LogP contribution in [0.25, 0.3) is 0 Å². The van der Waals surface area contributed by atoms with Crippen molar-refractivity contribution in [3.63, 3.8) is 0 Å². The molecule has 0 unspecified atom stereocenters. The third-order valence-corrected chi connectivity index (χ3v) is 5.89. The molecule has 3 aromatic rings. The molecular weight excluding hydrogens is 412 g/mol. The number of hydrogen-bond donors (Lipinski definition) is 2. The van der Waals surface area contributed by atoms with Crippen LogP contribution in [0.1, 0.15) is 34.8 Å². The molecule has 0 heterocycles.